The summed E-state index contributed by atoms with van der Waals surface area (Å²) in [5, 5.41) is 19.3. The second-order valence-corrected chi connectivity index (χ2v) is 7.91. The number of carboxylic acid groups (broad SMARTS) is 1. The molecule has 0 aliphatic rings. The Balaban J connectivity index is 1.74. The number of fused-ring (bicyclic) bond motifs is 1. The highest BCUT2D eigenvalue weighted by Gasteiger charge is 2.30. The Morgan fingerprint density at radius 1 is 0.969 bits per heavy atom. The molecule has 0 spiro atoms. The van der Waals surface area contributed by atoms with E-state index in [0.717, 1.165) is 22.9 Å². The third kappa shape index (κ3) is 4.60. The van der Waals surface area contributed by atoms with Crippen molar-refractivity contribution in [3.05, 3.63) is 83.9 Å². The van der Waals surface area contributed by atoms with Gasteiger partial charge in [0.15, 0.2) is 5.75 Å². The highest BCUT2D eigenvalue weighted by atomic mass is 32.1. The molecular weight excluding hydrogens is 441 g/mol. The van der Waals surface area contributed by atoms with E-state index >= 15 is 0 Å². The van der Waals surface area contributed by atoms with Gasteiger partial charge >= 0.3 is 12.1 Å². The molecule has 0 fully saturated rings. The maximum Gasteiger partial charge on any atom is 0.416 e. The predicted molar refractivity (Wildman–Crippen MR) is 117 cm³/mol. The summed E-state index contributed by atoms with van der Waals surface area (Å²) >= 11 is 1.30. The van der Waals surface area contributed by atoms with Crippen LogP contribution in [0, 0.1) is 0 Å². The van der Waals surface area contributed by atoms with Gasteiger partial charge in [-0.3, -0.25) is 0 Å². The van der Waals surface area contributed by atoms with Gasteiger partial charge in [0, 0.05) is 16.2 Å². The van der Waals surface area contributed by atoms with Gasteiger partial charge in [-0.05, 0) is 59.7 Å². The first-order chi connectivity index (χ1) is 15.2. The predicted octanol–water partition coefficient (Wildman–Crippen LogP) is 7.18. The summed E-state index contributed by atoms with van der Waals surface area (Å²) in [5.74, 6) is -0.0599. The molecule has 0 saturated heterocycles. The van der Waals surface area contributed by atoms with Crippen LogP contribution in [0.2, 0.25) is 0 Å². The van der Waals surface area contributed by atoms with E-state index in [2.05, 4.69) is 0 Å². The van der Waals surface area contributed by atoms with Gasteiger partial charge in [-0.1, -0.05) is 24.3 Å². The standard InChI is InChI=1S/C24H15F3O4S/c25-24(26,27)16-6-4-15(5-7-16)23-22(19-11-8-17(28)13-20(19)32-23)31-18-9-1-14(2-10-18)3-12-21(29)30/h1-13,28H,(H,29,30)/b12-3+. The number of carbonyl (C=O) groups is 1. The van der Waals surface area contributed by atoms with E-state index in [1.54, 1.807) is 36.4 Å². The van der Waals surface area contributed by atoms with E-state index < -0.39 is 17.7 Å². The summed E-state index contributed by atoms with van der Waals surface area (Å²) in [4.78, 5) is 11.3. The summed E-state index contributed by atoms with van der Waals surface area (Å²) in [6.45, 7) is 0. The lowest BCUT2D eigenvalue weighted by molar-refractivity contribution is -0.137. The second-order valence-electron chi connectivity index (χ2n) is 6.86. The van der Waals surface area contributed by atoms with Crippen LogP contribution in [-0.2, 0) is 11.0 Å². The molecule has 0 aliphatic carbocycles. The molecular formula is C24H15F3O4S. The maximum atomic E-state index is 12.9. The molecule has 4 aromatic rings. The number of thiophene rings is 1. The molecule has 0 radical (unpaired) electrons. The number of phenolic OH excluding ortho intramolecular Hbond substituents is 1. The molecule has 162 valence electrons. The Morgan fingerprint density at radius 3 is 2.28 bits per heavy atom. The molecule has 8 heteroatoms. The third-order valence-corrected chi connectivity index (χ3v) is 5.80. The largest absolute Gasteiger partial charge is 0.508 e. The van der Waals surface area contributed by atoms with Crippen LogP contribution in [0.5, 0.6) is 17.2 Å². The molecule has 1 heterocycles. The van der Waals surface area contributed by atoms with Crippen LogP contribution in [0.1, 0.15) is 11.1 Å². The smallest absolute Gasteiger partial charge is 0.416 e. The number of alkyl halides is 3. The maximum absolute atomic E-state index is 12.9. The highest BCUT2D eigenvalue weighted by Crippen LogP contribution is 2.47. The van der Waals surface area contributed by atoms with E-state index in [9.17, 15) is 23.1 Å². The molecule has 3 aromatic carbocycles. The topological polar surface area (TPSA) is 66.8 Å². The van der Waals surface area contributed by atoms with Crippen LogP contribution in [-0.4, -0.2) is 16.2 Å². The Hall–Kier alpha value is -3.78. The third-order valence-electron chi connectivity index (χ3n) is 4.62. The molecule has 4 rings (SSSR count). The molecule has 0 unspecified atom stereocenters. The van der Waals surface area contributed by atoms with Gasteiger partial charge in [-0.2, -0.15) is 13.2 Å². The quantitative estimate of drug-likeness (QED) is 0.312. The molecule has 4 nitrogen and oxygen atoms in total. The van der Waals surface area contributed by atoms with Gasteiger partial charge in [0.2, 0.25) is 0 Å². The monoisotopic (exact) mass is 456 g/mol. The molecule has 1 aromatic heterocycles. The van der Waals surface area contributed by atoms with Crippen molar-refractivity contribution in [3.8, 4) is 27.7 Å². The van der Waals surface area contributed by atoms with Gasteiger partial charge in [-0.15, -0.1) is 11.3 Å². The van der Waals surface area contributed by atoms with Crippen molar-refractivity contribution >= 4 is 33.5 Å². The first-order valence-corrected chi connectivity index (χ1v) is 10.1. The van der Waals surface area contributed by atoms with Crippen LogP contribution >= 0.6 is 11.3 Å². The van der Waals surface area contributed by atoms with Crippen molar-refractivity contribution in [1.29, 1.82) is 0 Å². The number of halogens is 3. The number of carboxylic acids is 1. The number of benzene rings is 3. The number of ether oxygens (including phenoxy) is 1. The lowest BCUT2D eigenvalue weighted by atomic mass is 10.1. The van der Waals surface area contributed by atoms with E-state index in [4.69, 9.17) is 9.84 Å². The SMILES string of the molecule is O=C(O)/C=C/c1ccc(Oc2c(-c3ccc(C(F)(F)F)cc3)sc3cc(O)ccc23)cc1. The van der Waals surface area contributed by atoms with Crippen LogP contribution in [0.3, 0.4) is 0 Å². The number of hydrogen-bond acceptors (Lipinski definition) is 4. The zero-order valence-electron chi connectivity index (χ0n) is 16.3. The minimum Gasteiger partial charge on any atom is -0.508 e. The van der Waals surface area contributed by atoms with Crippen molar-refractivity contribution in [2.75, 3.05) is 0 Å². The van der Waals surface area contributed by atoms with Crippen LogP contribution in [0.15, 0.2) is 72.8 Å². The molecule has 0 aliphatic heterocycles. The molecule has 0 amide bonds. The molecule has 2 N–H and O–H groups in total. The van der Waals surface area contributed by atoms with E-state index in [-0.39, 0.29) is 5.75 Å². The fraction of sp³-hybridized carbons (Fsp3) is 0.0417. The first-order valence-electron chi connectivity index (χ1n) is 9.33. The fourth-order valence-electron chi connectivity index (χ4n) is 3.10. The number of phenols is 1. The molecule has 0 bridgehead atoms. The van der Waals surface area contributed by atoms with E-state index in [0.29, 0.717) is 32.9 Å². The Morgan fingerprint density at radius 2 is 1.66 bits per heavy atom. The molecule has 0 saturated carbocycles. The van der Waals surface area contributed by atoms with E-state index in [1.165, 1.54) is 35.6 Å². The molecule has 32 heavy (non-hydrogen) atoms. The van der Waals surface area contributed by atoms with Crippen molar-refractivity contribution in [2.24, 2.45) is 0 Å². The van der Waals surface area contributed by atoms with Gasteiger partial charge in [0.05, 0.1) is 10.4 Å². The highest BCUT2D eigenvalue weighted by molar-refractivity contribution is 7.22. The molecule has 0 atom stereocenters. The van der Waals surface area contributed by atoms with E-state index in [1.807, 2.05) is 0 Å². The Kier molecular flexibility index (Phi) is 5.63. The zero-order valence-corrected chi connectivity index (χ0v) is 17.1. The van der Waals surface area contributed by atoms with Gasteiger partial charge < -0.3 is 14.9 Å². The minimum absolute atomic E-state index is 0.0684. The number of rotatable bonds is 5. The summed E-state index contributed by atoms with van der Waals surface area (Å²) < 4.78 is 45.7. The average Bonchev–Trinajstić information content (AvgIpc) is 3.10. The van der Waals surface area contributed by atoms with Crippen molar-refractivity contribution in [1.82, 2.24) is 0 Å². The van der Waals surface area contributed by atoms with Crippen LogP contribution in [0.4, 0.5) is 13.2 Å². The lowest BCUT2D eigenvalue weighted by Crippen LogP contribution is -2.03. The van der Waals surface area contributed by atoms with Crippen molar-refractivity contribution in [2.45, 2.75) is 6.18 Å². The number of aromatic hydroxyl groups is 1. The first kappa shape index (κ1) is 21.5. The number of hydrogen-bond donors (Lipinski definition) is 2. The van der Waals surface area contributed by atoms with Gasteiger partial charge in [0.25, 0.3) is 0 Å². The van der Waals surface area contributed by atoms with Gasteiger partial charge in [-0.25, -0.2) is 4.79 Å². The fourth-order valence-corrected chi connectivity index (χ4v) is 4.26. The Labute approximate surface area is 184 Å². The van der Waals surface area contributed by atoms with Crippen LogP contribution < -0.4 is 4.74 Å². The van der Waals surface area contributed by atoms with Crippen LogP contribution in [0.25, 0.3) is 26.6 Å². The average molecular weight is 456 g/mol. The second kappa shape index (κ2) is 8.39. The summed E-state index contributed by atoms with van der Waals surface area (Å²) in [6.07, 6.45) is -1.96. The zero-order chi connectivity index (χ0) is 22.9. The summed E-state index contributed by atoms with van der Waals surface area (Å²) in [5.41, 5.74) is 0.477. The minimum atomic E-state index is -4.43. The Bertz CT molecular complexity index is 1300. The van der Waals surface area contributed by atoms with Crippen molar-refractivity contribution in [3.63, 3.8) is 0 Å². The number of aliphatic carboxylic acids is 1. The normalized spacial score (nSPS) is 11.8. The summed E-state index contributed by atoms with van der Waals surface area (Å²) in [6, 6.07) is 16.3. The van der Waals surface area contributed by atoms with Gasteiger partial charge in [0.1, 0.15) is 11.5 Å². The lowest BCUT2D eigenvalue weighted by Gasteiger charge is -2.10. The van der Waals surface area contributed by atoms with Crippen molar-refractivity contribution < 1.29 is 32.9 Å². The summed E-state index contributed by atoms with van der Waals surface area (Å²) in [7, 11) is 0.